The molecule has 0 radical (unpaired) electrons. The van der Waals surface area contributed by atoms with Crippen molar-refractivity contribution >= 4 is 38.1 Å². The Kier molecular flexibility index (Phi) is 2.83. The van der Waals surface area contributed by atoms with Gasteiger partial charge < -0.3 is 11.1 Å². The average molecular weight is 273 g/mol. The first-order valence-corrected chi connectivity index (χ1v) is 6.63. The maximum Gasteiger partial charge on any atom is 0.188 e. The summed E-state index contributed by atoms with van der Waals surface area (Å²) in [5, 5.41) is 3.70. The highest BCUT2D eigenvalue weighted by atomic mass is 32.1. The van der Waals surface area contributed by atoms with Crippen LogP contribution in [0.15, 0.2) is 36.4 Å². The number of nitrogens with two attached hydrogens (primary N) is 1. The second-order valence-electron chi connectivity index (χ2n) is 4.30. The van der Waals surface area contributed by atoms with E-state index >= 15 is 0 Å². The molecule has 5 heteroatoms. The zero-order chi connectivity index (χ0) is 13.4. The van der Waals surface area contributed by atoms with Crippen molar-refractivity contribution in [1.82, 2.24) is 4.98 Å². The van der Waals surface area contributed by atoms with Crippen LogP contribution in [0.5, 0.6) is 0 Å². The van der Waals surface area contributed by atoms with Crippen LogP contribution in [-0.4, -0.2) is 4.98 Å². The van der Waals surface area contributed by atoms with Crippen LogP contribution in [0.25, 0.3) is 10.2 Å². The van der Waals surface area contributed by atoms with Gasteiger partial charge in [0.1, 0.15) is 5.82 Å². The summed E-state index contributed by atoms with van der Waals surface area (Å²) in [5.41, 5.74) is 8.60. The lowest BCUT2D eigenvalue weighted by Gasteiger charge is -2.07. The molecule has 96 valence electrons. The van der Waals surface area contributed by atoms with E-state index in [1.54, 1.807) is 12.1 Å². The van der Waals surface area contributed by atoms with Crippen molar-refractivity contribution in [3.63, 3.8) is 0 Å². The highest BCUT2D eigenvalue weighted by Gasteiger charge is 2.09. The van der Waals surface area contributed by atoms with Crippen molar-refractivity contribution in [2.45, 2.75) is 6.92 Å². The van der Waals surface area contributed by atoms with E-state index < -0.39 is 0 Å². The van der Waals surface area contributed by atoms with Crippen LogP contribution >= 0.6 is 11.3 Å². The third-order valence-corrected chi connectivity index (χ3v) is 3.80. The molecule has 3 N–H and O–H groups in total. The Balaban J connectivity index is 2.01. The van der Waals surface area contributed by atoms with Crippen LogP contribution in [0.3, 0.4) is 0 Å². The third kappa shape index (κ3) is 2.24. The number of thiazole rings is 1. The molecule has 3 aromatic rings. The van der Waals surface area contributed by atoms with Crippen molar-refractivity contribution in [3.05, 3.63) is 47.8 Å². The predicted octanol–water partition coefficient (Wildman–Crippen LogP) is 4.07. The standard InChI is InChI=1S/C14H12FN3S/c1-8-3-2-4-10(15)13(8)18-14-17-11-6-5-9(16)7-12(11)19-14/h2-7H,16H2,1H3,(H,17,18). The Bertz CT molecular complexity index is 731. The minimum atomic E-state index is -0.279. The van der Waals surface area contributed by atoms with Gasteiger partial charge in [-0.05, 0) is 36.8 Å². The van der Waals surface area contributed by atoms with Crippen molar-refractivity contribution in [3.8, 4) is 0 Å². The van der Waals surface area contributed by atoms with E-state index in [1.807, 2.05) is 25.1 Å². The number of hydrogen-bond acceptors (Lipinski definition) is 4. The lowest BCUT2D eigenvalue weighted by Crippen LogP contribution is -1.95. The number of hydrogen-bond donors (Lipinski definition) is 2. The van der Waals surface area contributed by atoms with E-state index in [4.69, 9.17) is 5.73 Å². The Morgan fingerprint density at radius 1 is 1.26 bits per heavy atom. The molecule has 0 aliphatic heterocycles. The molecule has 0 atom stereocenters. The van der Waals surface area contributed by atoms with Crippen LogP contribution in [0.1, 0.15) is 5.56 Å². The van der Waals surface area contributed by atoms with Gasteiger partial charge in [0.25, 0.3) is 0 Å². The Hall–Kier alpha value is -2.14. The molecule has 0 aliphatic carbocycles. The van der Waals surface area contributed by atoms with E-state index in [-0.39, 0.29) is 5.82 Å². The second kappa shape index (κ2) is 4.51. The Morgan fingerprint density at radius 2 is 2.11 bits per heavy atom. The predicted molar refractivity (Wildman–Crippen MR) is 78.5 cm³/mol. The number of nitrogens with zero attached hydrogens (tertiary/aromatic N) is 1. The van der Waals surface area contributed by atoms with Gasteiger partial charge in [-0.25, -0.2) is 9.37 Å². The van der Waals surface area contributed by atoms with E-state index in [0.29, 0.717) is 16.5 Å². The fourth-order valence-corrected chi connectivity index (χ4v) is 2.81. The molecule has 0 spiro atoms. The molecule has 0 bridgehead atoms. The number of fused-ring (bicyclic) bond motifs is 1. The molecule has 3 nitrogen and oxygen atoms in total. The van der Waals surface area contributed by atoms with Crippen LogP contribution in [0.2, 0.25) is 0 Å². The molecule has 0 saturated carbocycles. The topological polar surface area (TPSA) is 50.9 Å². The SMILES string of the molecule is Cc1cccc(F)c1Nc1nc2ccc(N)cc2s1. The summed E-state index contributed by atoms with van der Waals surface area (Å²) >= 11 is 1.45. The molecule has 1 heterocycles. The first-order valence-electron chi connectivity index (χ1n) is 5.82. The number of aromatic nitrogens is 1. The largest absolute Gasteiger partial charge is 0.399 e. The number of nitrogens with one attached hydrogen (secondary N) is 1. The molecule has 0 fully saturated rings. The van der Waals surface area contributed by atoms with Gasteiger partial charge in [0.15, 0.2) is 5.13 Å². The molecule has 1 aromatic heterocycles. The fourth-order valence-electron chi connectivity index (χ4n) is 1.89. The summed E-state index contributed by atoms with van der Waals surface area (Å²) in [6, 6.07) is 10.5. The summed E-state index contributed by atoms with van der Waals surface area (Å²) in [4.78, 5) is 4.42. The van der Waals surface area contributed by atoms with Crippen molar-refractivity contribution in [2.75, 3.05) is 11.1 Å². The summed E-state index contributed by atoms with van der Waals surface area (Å²) in [6.45, 7) is 1.86. The zero-order valence-corrected chi connectivity index (χ0v) is 11.1. The first kappa shape index (κ1) is 11.9. The number of para-hydroxylation sites is 1. The normalized spacial score (nSPS) is 10.8. The van der Waals surface area contributed by atoms with Gasteiger partial charge in [-0.15, -0.1) is 0 Å². The summed E-state index contributed by atoms with van der Waals surface area (Å²) in [6.07, 6.45) is 0. The van der Waals surface area contributed by atoms with Gasteiger partial charge in [-0.3, -0.25) is 0 Å². The molecule has 0 unspecified atom stereocenters. The first-order chi connectivity index (χ1) is 9.13. The van der Waals surface area contributed by atoms with Gasteiger partial charge in [-0.2, -0.15) is 0 Å². The molecule has 0 aliphatic rings. The molecular weight excluding hydrogens is 261 g/mol. The number of anilines is 3. The summed E-state index contributed by atoms with van der Waals surface area (Å²) in [7, 11) is 0. The van der Waals surface area contributed by atoms with Crippen LogP contribution < -0.4 is 11.1 Å². The summed E-state index contributed by atoms with van der Waals surface area (Å²) in [5.74, 6) is -0.279. The number of aryl methyl sites for hydroxylation is 1. The number of nitrogen functional groups attached to an aromatic ring is 1. The molecule has 0 amide bonds. The maximum absolute atomic E-state index is 13.8. The van der Waals surface area contributed by atoms with Crippen LogP contribution in [0.4, 0.5) is 20.9 Å². The van der Waals surface area contributed by atoms with E-state index in [0.717, 1.165) is 15.8 Å². The molecule has 2 aromatic carbocycles. The van der Waals surface area contributed by atoms with Gasteiger partial charge >= 0.3 is 0 Å². The third-order valence-electron chi connectivity index (χ3n) is 2.87. The average Bonchev–Trinajstić information content (AvgIpc) is 2.75. The number of rotatable bonds is 2. The molecule has 19 heavy (non-hydrogen) atoms. The van der Waals surface area contributed by atoms with Crippen molar-refractivity contribution in [1.29, 1.82) is 0 Å². The van der Waals surface area contributed by atoms with E-state index in [9.17, 15) is 4.39 Å². The molecule has 0 saturated heterocycles. The quantitative estimate of drug-likeness (QED) is 0.692. The van der Waals surface area contributed by atoms with Gasteiger partial charge in [0.05, 0.1) is 15.9 Å². The van der Waals surface area contributed by atoms with Gasteiger partial charge in [-0.1, -0.05) is 23.5 Å². The maximum atomic E-state index is 13.8. The van der Waals surface area contributed by atoms with E-state index in [1.165, 1.54) is 17.4 Å². The van der Waals surface area contributed by atoms with Gasteiger partial charge in [0.2, 0.25) is 0 Å². The zero-order valence-electron chi connectivity index (χ0n) is 10.3. The lowest BCUT2D eigenvalue weighted by atomic mass is 10.2. The number of benzene rings is 2. The highest BCUT2D eigenvalue weighted by Crippen LogP contribution is 2.31. The second-order valence-corrected chi connectivity index (χ2v) is 5.33. The number of halogens is 1. The smallest absolute Gasteiger partial charge is 0.188 e. The fraction of sp³-hybridized carbons (Fsp3) is 0.0714. The van der Waals surface area contributed by atoms with Gasteiger partial charge in [0, 0.05) is 5.69 Å². The minimum absolute atomic E-state index is 0.279. The van der Waals surface area contributed by atoms with Crippen molar-refractivity contribution < 1.29 is 4.39 Å². The monoisotopic (exact) mass is 273 g/mol. The Morgan fingerprint density at radius 3 is 2.89 bits per heavy atom. The van der Waals surface area contributed by atoms with E-state index in [2.05, 4.69) is 10.3 Å². The summed E-state index contributed by atoms with van der Waals surface area (Å²) < 4.78 is 14.7. The van der Waals surface area contributed by atoms with Crippen LogP contribution in [0, 0.1) is 12.7 Å². The lowest BCUT2D eigenvalue weighted by molar-refractivity contribution is 0.631. The molecular formula is C14H12FN3S. The van der Waals surface area contributed by atoms with Crippen LogP contribution in [-0.2, 0) is 0 Å². The Labute approximate surface area is 113 Å². The minimum Gasteiger partial charge on any atom is -0.399 e. The molecule has 3 rings (SSSR count). The van der Waals surface area contributed by atoms with Crippen molar-refractivity contribution in [2.24, 2.45) is 0 Å². The highest BCUT2D eigenvalue weighted by molar-refractivity contribution is 7.22.